The van der Waals surface area contributed by atoms with Crippen LogP contribution in [-0.4, -0.2) is 24.5 Å². The Labute approximate surface area is 118 Å². The van der Waals surface area contributed by atoms with E-state index in [9.17, 15) is 4.79 Å². The summed E-state index contributed by atoms with van der Waals surface area (Å²) in [4.78, 5) is 12.0. The average Bonchev–Trinajstić information content (AvgIpc) is 2.31. The van der Waals surface area contributed by atoms with Gasteiger partial charge in [-0.05, 0) is 50.4 Å². The lowest BCUT2D eigenvalue weighted by molar-refractivity contribution is -0.123. The number of rotatable bonds is 6. The van der Waals surface area contributed by atoms with Crippen molar-refractivity contribution >= 4 is 5.91 Å². The van der Waals surface area contributed by atoms with Crippen molar-refractivity contribution in [2.75, 3.05) is 6.54 Å². The molecular formula is C16H32N2O. The maximum absolute atomic E-state index is 12.0. The van der Waals surface area contributed by atoms with Crippen molar-refractivity contribution in [2.24, 2.45) is 11.3 Å². The maximum Gasteiger partial charge on any atom is 0.236 e. The monoisotopic (exact) mass is 268 g/mol. The molecule has 1 unspecified atom stereocenters. The van der Waals surface area contributed by atoms with E-state index in [1.165, 1.54) is 25.7 Å². The van der Waals surface area contributed by atoms with Crippen LogP contribution in [0.25, 0.3) is 0 Å². The minimum Gasteiger partial charge on any atom is -0.355 e. The second kappa shape index (κ2) is 7.28. The molecule has 0 spiro atoms. The summed E-state index contributed by atoms with van der Waals surface area (Å²) in [7, 11) is 0. The molecule has 0 saturated heterocycles. The van der Waals surface area contributed by atoms with Gasteiger partial charge in [0, 0.05) is 12.6 Å². The molecule has 0 aliphatic heterocycles. The fourth-order valence-corrected chi connectivity index (χ4v) is 2.63. The molecule has 0 heterocycles. The van der Waals surface area contributed by atoms with E-state index in [0.29, 0.717) is 17.4 Å². The van der Waals surface area contributed by atoms with Crippen LogP contribution in [0.5, 0.6) is 0 Å². The molecule has 1 amide bonds. The van der Waals surface area contributed by atoms with Crippen LogP contribution in [0.1, 0.15) is 66.7 Å². The Morgan fingerprint density at radius 3 is 2.32 bits per heavy atom. The molecule has 2 N–H and O–H groups in total. The van der Waals surface area contributed by atoms with Crippen LogP contribution >= 0.6 is 0 Å². The molecule has 1 aliphatic carbocycles. The fraction of sp³-hybridized carbons (Fsp3) is 0.938. The largest absolute Gasteiger partial charge is 0.355 e. The van der Waals surface area contributed by atoms with E-state index < -0.39 is 0 Å². The molecule has 19 heavy (non-hydrogen) atoms. The Bertz CT molecular complexity index is 276. The Balaban J connectivity index is 2.23. The van der Waals surface area contributed by atoms with Gasteiger partial charge in [0.25, 0.3) is 0 Å². The van der Waals surface area contributed by atoms with E-state index in [2.05, 4.69) is 38.3 Å². The zero-order valence-corrected chi connectivity index (χ0v) is 13.4. The van der Waals surface area contributed by atoms with Gasteiger partial charge in [0.15, 0.2) is 0 Å². The lowest BCUT2D eigenvalue weighted by Gasteiger charge is -2.35. The molecule has 3 nitrogen and oxygen atoms in total. The lowest BCUT2D eigenvalue weighted by Crippen LogP contribution is -2.48. The van der Waals surface area contributed by atoms with Crippen LogP contribution in [0, 0.1) is 11.3 Å². The van der Waals surface area contributed by atoms with Crippen LogP contribution in [-0.2, 0) is 4.79 Å². The third-order valence-electron chi connectivity index (χ3n) is 4.24. The topological polar surface area (TPSA) is 41.1 Å². The first-order valence-electron chi connectivity index (χ1n) is 7.84. The van der Waals surface area contributed by atoms with E-state index in [-0.39, 0.29) is 11.9 Å². The summed E-state index contributed by atoms with van der Waals surface area (Å²) < 4.78 is 0. The quantitative estimate of drug-likeness (QED) is 0.777. The zero-order valence-electron chi connectivity index (χ0n) is 13.4. The smallest absolute Gasteiger partial charge is 0.236 e. The highest BCUT2D eigenvalue weighted by Crippen LogP contribution is 2.35. The number of amides is 1. The van der Waals surface area contributed by atoms with Crippen molar-refractivity contribution in [1.82, 2.24) is 10.6 Å². The van der Waals surface area contributed by atoms with Gasteiger partial charge >= 0.3 is 0 Å². The molecule has 1 fully saturated rings. The number of carbonyl (C=O) groups is 1. The predicted molar refractivity (Wildman–Crippen MR) is 81.1 cm³/mol. The lowest BCUT2D eigenvalue weighted by atomic mass is 9.75. The Hall–Kier alpha value is -0.570. The zero-order chi connectivity index (χ0) is 14.5. The fourth-order valence-electron chi connectivity index (χ4n) is 2.63. The maximum atomic E-state index is 12.0. The minimum absolute atomic E-state index is 0.0709. The van der Waals surface area contributed by atoms with Gasteiger partial charge in [0.1, 0.15) is 0 Å². The summed E-state index contributed by atoms with van der Waals surface area (Å²) in [6, 6.07) is 0.442. The molecule has 112 valence electrons. The van der Waals surface area contributed by atoms with Crippen molar-refractivity contribution in [2.45, 2.75) is 78.8 Å². The molecule has 0 aromatic carbocycles. The van der Waals surface area contributed by atoms with Gasteiger partial charge in [-0.25, -0.2) is 0 Å². The molecule has 3 heteroatoms. The van der Waals surface area contributed by atoms with Crippen molar-refractivity contribution in [3.05, 3.63) is 0 Å². The van der Waals surface area contributed by atoms with Gasteiger partial charge in [-0.1, -0.05) is 27.7 Å². The van der Waals surface area contributed by atoms with Gasteiger partial charge in [-0.3, -0.25) is 4.79 Å². The summed E-state index contributed by atoms with van der Waals surface area (Å²) in [5, 5.41) is 6.50. The van der Waals surface area contributed by atoms with Crippen molar-refractivity contribution in [3.8, 4) is 0 Å². The van der Waals surface area contributed by atoms with Crippen LogP contribution in [0.4, 0.5) is 0 Å². The van der Waals surface area contributed by atoms with Crippen molar-refractivity contribution in [3.63, 3.8) is 0 Å². The summed E-state index contributed by atoms with van der Waals surface area (Å²) >= 11 is 0. The third-order valence-corrected chi connectivity index (χ3v) is 4.24. The highest BCUT2D eigenvalue weighted by Gasteiger charge is 2.28. The van der Waals surface area contributed by atoms with Gasteiger partial charge < -0.3 is 10.6 Å². The van der Waals surface area contributed by atoms with Gasteiger partial charge in [0.2, 0.25) is 5.91 Å². The second-order valence-corrected chi connectivity index (χ2v) is 7.30. The SMILES string of the molecule is CC(C)CCNC(=O)C(C)NC1CCC(C)(C)CC1. The second-order valence-electron chi connectivity index (χ2n) is 7.30. The standard InChI is InChI=1S/C16H32N2O/c1-12(2)8-11-17-15(19)13(3)18-14-6-9-16(4,5)10-7-14/h12-14,18H,6-11H2,1-5H3,(H,17,19). The summed E-state index contributed by atoms with van der Waals surface area (Å²) in [6.07, 6.45) is 5.95. The number of hydrogen-bond donors (Lipinski definition) is 2. The van der Waals surface area contributed by atoms with Crippen molar-refractivity contribution in [1.29, 1.82) is 0 Å². The number of carbonyl (C=O) groups excluding carboxylic acids is 1. The molecule has 1 saturated carbocycles. The first kappa shape index (κ1) is 16.5. The van der Waals surface area contributed by atoms with E-state index in [1.54, 1.807) is 0 Å². The Morgan fingerprint density at radius 1 is 1.21 bits per heavy atom. The van der Waals surface area contributed by atoms with Crippen molar-refractivity contribution < 1.29 is 4.79 Å². The van der Waals surface area contributed by atoms with Gasteiger partial charge in [-0.2, -0.15) is 0 Å². The Morgan fingerprint density at radius 2 is 1.79 bits per heavy atom. The predicted octanol–water partition coefficient (Wildman–Crippen LogP) is 3.10. The normalized spacial score (nSPS) is 21.4. The van der Waals surface area contributed by atoms with Gasteiger partial charge in [0.05, 0.1) is 6.04 Å². The molecule has 0 bridgehead atoms. The summed E-state index contributed by atoms with van der Waals surface area (Å²) in [6.45, 7) is 11.8. The molecule has 1 aliphatic rings. The average molecular weight is 268 g/mol. The van der Waals surface area contributed by atoms with E-state index in [0.717, 1.165) is 13.0 Å². The summed E-state index contributed by atoms with van der Waals surface area (Å²) in [5.41, 5.74) is 0.487. The van der Waals surface area contributed by atoms with E-state index in [1.807, 2.05) is 6.92 Å². The molecule has 1 rings (SSSR count). The molecule has 0 aromatic rings. The molecule has 1 atom stereocenters. The van der Waals surface area contributed by atoms with E-state index in [4.69, 9.17) is 0 Å². The van der Waals surface area contributed by atoms with E-state index >= 15 is 0 Å². The first-order valence-corrected chi connectivity index (χ1v) is 7.84. The first-order chi connectivity index (χ1) is 8.80. The molecular weight excluding hydrogens is 236 g/mol. The third kappa shape index (κ3) is 6.42. The van der Waals surface area contributed by atoms with Gasteiger partial charge in [-0.15, -0.1) is 0 Å². The number of nitrogens with one attached hydrogen (secondary N) is 2. The molecule has 0 aromatic heterocycles. The van der Waals surface area contributed by atoms with Crippen LogP contribution in [0.2, 0.25) is 0 Å². The molecule has 0 radical (unpaired) electrons. The summed E-state index contributed by atoms with van der Waals surface area (Å²) in [5.74, 6) is 0.787. The minimum atomic E-state index is -0.0709. The Kier molecular flexibility index (Phi) is 6.31. The highest BCUT2D eigenvalue weighted by atomic mass is 16.2. The van der Waals surface area contributed by atoms with Crippen LogP contribution < -0.4 is 10.6 Å². The van der Waals surface area contributed by atoms with Crippen LogP contribution in [0.15, 0.2) is 0 Å². The number of hydrogen-bond acceptors (Lipinski definition) is 2. The van der Waals surface area contributed by atoms with Crippen LogP contribution in [0.3, 0.4) is 0 Å². The highest BCUT2D eigenvalue weighted by molar-refractivity contribution is 5.81.